The molecule has 0 radical (unpaired) electrons. The van der Waals surface area contributed by atoms with Gasteiger partial charge in [0.15, 0.2) is 0 Å². The normalized spacial score (nSPS) is 23.4. The number of nitrogens with two attached hydrogens (primary N) is 1. The molecular weight excluding hydrogens is 168 g/mol. The third kappa shape index (κ3) is 2.67. The van der Waals surface area contributed by atoms with Crippen molar-refractivity contribution in [1.82, 2.24) is 4.90 Å². The number of hydrogen-bond donors (Lipinski definition) is 1. The van der Waals surface area contributed by atoms with Gasteiger partial charge in [0, 0.05) is 6.54 Å². The summed E-state index contributed by atoms with van der Waals surface area (Å²) in [6.45, 7) is 2.60. The Hall–Kier alpha value is -0.610. The Morgan fingerprint density at radius 1 is 1.69 bits per heavy atom. The molecule has 4 nitrogen and oxygen atoms in total. The predicted molar refractivity (Wildman–Crippen MR) is 50.3 cm³/mol. The van der Waals surface area contributed by atoms with Gasteiger partial charge in [0.05, 0.1) is 7.11 Å². The summed E-state index contributed by atoms with van der Waals surface area (Å²) in [5, 5.41) is 0. The lowest BCUT2D eigenvalue weighted by Crippen LogP contribution is -2.37. The molecule has 0 unspecified atom stereocenters. The van der Waals surface area contributed by atoms with E-state index in [0.29, 0.717) is 6.54 Å². The summed E-state index contributed by atoms with van der Waals surface area (Å²) in [6, 6.07) is -0.0171. The second kappa shape index (κ2) is 5.19. The van der Waals surface area contributed by atoms with Crippen LogP contribution in [0.3, 0.4) is 0 Å². The highest BCUT2D eigenvalue weighted by Crippen LogP contribution is 2.17. The smallest absolute Gasteiger partial charge is 0.323 e. The van der Waals surface area contributed by atoms with Gasteiger partial charge in [-0.15, -0.1) is 0 Å². The monoisotopic (exact) mass is 186 g/mol. The van der Waals surface area contributed by atoms with Gasteiger partial charge in [0.25, 0.3) is 0 Å². The van der Waals surface area contributed by atoms with E-state index >= 15 is 0 Å². The lowest BCUT2D eigenvalue weighted by atomic mass is 10.2. The molecule has 1 heterocycles. The molecule has 0 bridgehead atoms. The number of rotatable bonds is 4. The SMILES string of the molecule is COC(=O)[C@@H]1CCCN1CCCN. The fraction of sp³-hybridized carbons (Fsp3) is 0.889. The molecule has 76 valence electrons. The molecule has 13 heavy (non-hydrogen) atoms. The number of esters is 1. The highest BCUT2D eigenvalue weighted by molar-refractivity contribution is 5.75. The van der Waals surface area contributed by atoms with E-state index in [1.54, 1.807) is 0 Å². The minimum Gasteiger partial charge on any atom is -0.468 e. The first kappa shape index (κ1) is 10.5. The van der Waals surface area contributed by atoms with E-state index < -0.39 is 0 Å². The Labute approximate surface area is 79.0 Å². The molecule has 0 aromatic heterocycles. The number of methoxy groups -OCH3 is 1. The second-order valence-electron chi connectivity index (χ2n) is 3.36. The average Bonchev–Trinajstić information content (AvgIpc) is 2.61. The minimum atomic E-state index is -0.102. The van der Waals surface area contributed by atoms with E-state index in [1.165, 1.54) is 7.11 Å². The Balaban J connectivity index is 2.39. The van der Waals surface area contributed by atoms with Crippen molar-refractivity contribution >= 4 is 5.97 Å². The van der Waals surface area contributed by atoms with E-state index in [1.807, 2.05) is 0 Å². The Morgan fingerprint density at radius 3 is 3.08 bits per heavy atom. The summed E-state index contributed by atoms with van der Waals surface area (Å²) in [5.74, 6) is -0.102. The Morgan fingerprint density at radius 2 is 2.46 bits per heavy atom. The average molecular weight is 186 g/mol. The summed E-state index contributed by atoms with van der Waals surface area (Å²) in [7, 11) is 1.45. The van der Waals surface area contributed by atoms with Crippen molar-refractivity contribution in [2.24, 2.45) is 5.73 Å². The Kier molecular flexibility index (Phi) is 4.18. The van der Waals surface area contributed by atoms with Gasteiger partial charge < -0.3 is 10.5 Å². The first-order valence-electron chi connectivity index (χ1n) is 4.81. The van der Waals surface area contributed by atoms with Crippen molar-refractivity contribution in [1.29, 1.82) is 0 Å². The maximum absolute atomic E-state index is 11.3. The number of nitrogens with zero attached hydrogens (tertiary/aromatic N) is 1. The molecular formula is C9H18N2O2. The van der Waals surface area contributed by atoms with Crippen LogP contribution in [0.25, 0.3) is 0 Å². The van der Waals surface area contributed by atoms with Gasteiger partial charge in [-0.05, 0) is 32.4 Å². The van der Waals surface area contributed by atoms with Crippen LogP contribution in [0.4, 0.5) is 0 Å². The number of carbonyl (C=O) groups is 1. The van der Waals surface area contributed by atoms with Crippen molar-refractivity contribution in [2.75, 3.05) is 26.7 Å². The van der Waals surface area contributed by atoms with Gasteiger partial charge in [0.1, 0.15) is 6.04 Å². The van der Waals surface area contributed by atoms with Crippen molar-refractivity contribution in [2.45, 2.75) is 25.3 Å². The van der Waals surface area contributed by atoms with Gasteiger partial charge in [-0.25, -0.2) is 0 Å². The Bertz CT molecular complexity index is 173. The lowest BCUT2D eigenvalue weighted by molar-refractivity contribution is -0.145. The van der Waals surface area contributed by atoms with E-state index in [9.17, 15) is 4.79 Å². The van der Waals surface area contributed by atoms with E-state index in [0.717, 1.165) is 32.4 Å². The van der Waals surface area contributed by atoms with Crippen molar-refractivity contribution < 1.29 is 9.53 Å². The fourth-order valence-electron chi connectivity index (χ4n) is 1.79. The largest absolute Gasteiger partial charge is 0.468 e. The molecule has 1 saturated heterocycles. The molecule has 1 aliphatic rings. The summed E-state index contributed by atoms with van der Waals surface area (Å²) >= 11 is 0. The van der Waals surface area contributed by atoms with E-state index in [-0.39, 0.29) is 12.0 Å². The van der Waals surface area contributed by atoms with Crippen LogP contribution >= 0.6 is 0 Å². The predicted octanol–water partition coefficient (Wildman–Crippen LogP) is -0.0274. The summed E-state index contributed by atoms with van der Waals surface area (Å²) in [6.07, 6.45) is 2.97. The maximum Gasteiger partial charge on any atom is 0.323 e. The second-order valence-corrected chi connectivity index (χ2v) is 3.36. The van der Waals surface area contributed by atoms with Gasteiger partial charge in [0.2, 0.25) is 0 Å². The first-order valence-corrected chi connectivity index (χ1v) is 4.81. The van der Waals surface area contributed by atoms with Crippen LogP contribution < -0.4 is 5.73 Å². The fourth-order valence-corrected chi connectivity index (χ4v) is 1.79. The lowest BCUT2D eigenvalue weighted by Gasteiger charge is -2.21. The van der Waals surface area contributed by atoms with Crippen LogP contribution in [-0.2, 0) is 9.53 Å². The van der Waals surface area contributed by atoms with Crippen LogP contribution in [0.15, 0.2) is 0 Å². The highest BCUT2D eigenvalue weighted by atomic mass is 16.5. The number of carbonyl (C=O) groups excluding carboxylic acids is 1. The van der Waals surface area contributed by atoms with Crippen molar-refractivity contribution in [3.05, 3.63) is 0 Å². The molecule has 0 aromatic carbocycles. The molecule has 0 aliphatic carbocycles. The molecule has 4 heteroatoms. The molecule has 0 aromatic rings. The quantitative estimate of drug-likeness (QED) is 0.627. The van der Waals surface area contributed by atoms with Crippen LogP contribution in [0.1, 0.15) is 19.3 Å². The molecule has 1 aliphatic heterocycles. The zero-order valence-corrected chi connectivity index (χ0v) is 8.16. The zero-order valence-electron chi connectivity index (χ0n) is 8.16. The summed E-state index contributed by atoms with van der Waals surface area (Å²) in [4.78, 5) is 13.5. The van der Waals surface area contributed by atoms with Crippen LogP contribution in [0.2, 0.25) is 0 Å². The number of ether oxygens (including phenoxy) is 1. The number of likely N-dealkylation sites (tertiary alicyclic amines) is 1. The summed E-state index contributed by atoms with van der Waals surface area (Å²) < 4.78 is 4.73. The van der Waals surface area contributed by atoms with Gasteiger partial charge in [-0.1, -0.05) is 0 Å². The topological polar surface area (TPSA) is 55.6 Å². The molecule has 0 saturated carbocycles. The minimum absolute atomic E-state index is 0.0171. The van der Waals surface area contributed by atoms with Gasteiger partial charge in [-0.2, -0.15) is 0 Å². The third-order valence-corrected chi connectivity index (χ3v) is 2.49. The first-order chi connectivity index (χ1) is 6.29. The zero-order chi connectivity index (χ0) is 9.68. The molecule has 1 atom stereocenters. The van der Waals surface area contributed by atoms with E-state index in [4.69, 9.17) is 10.5 Å². The highest BCUT2D eigenvalue weighted by Gasteiger charge is 2.30. The van der Waals surface area contributed by atoms with Gasteiger partial charge in [-0.3, -0.25) is 9.69 Å². The van der Waals surface area contributed by atoms with Gasteiger partial charge >= 0.3 is 5.97 Å². The standard InChI is InChI=1S/C9H18N2O2/c1-13-9(12)8-4-2-6-11(8)7-3-5-10/h8H,2-7,10H2,1H3/t8-/m0/s1. The van der Waals surface area contributed by atoms with Crippen molar-refractivity contribution in [3.63, 3.8) is 0 Å². The van der Waals surface area contributed by atoms with Crippen LogP contribution in [-0.4, -0.2) is 43.7 Å². The van der Waals surface area contributed by atoms with Crippen LogP contribution in [0.5, 0.6) is 0 Å². The van der Waals surface area contributed by atoms with Crippen molar-refractivity contribution in [3.8, 4) is 0 Å². The molecule has 0 amide bonds. The molecule has 1 fully saturated rings. The van der Waals surface area contributed by atoms with E-state index in [2.05, 4.69) is 4.90 Å². The maximum atomic E-state index is 11.3. The molecule has 1 rings (SSSR count). The van der Waals surface area contributed by atoms with Crippen LogP contribution in [0, 0.1) is 0 Å². The molecule has 0 spiro atoms. The number of hydrogen-bond acceptors (Lipinski definition) is 4. The molecule has 2 N–H and O–H groups in total. The summed E-state index contributed by atoms with van der Waals surface area (Å²) in [5.41, 5.74) is 5.42. The third-order valence-electron chi connectivity index (χ3n) is 2.49.